The highest BCUT2D eigenvalue weighted by Gasteiger charge is 2.17. The van der Waals surface area contributed by atoms with Gasteiger partial charge in [-0.2, -0.15) is 0 Å². The molecule has 0 aliphatic carbocycles. The Kier molecular flexibility index (Phi) is 5.42. The van der Waals surface area contributed by atoms with E-state index >= 15 is 0 Å². The number of carbonyl (C=O) groups excluding carboxylic acids is 1. The van der Waals surface area contributed by atoms with Crippen LogP contribution in [-0.4, -0.2) is 17.5 Å². The maximum absolute atomic E-state index is 12.8. The summed E-state index contributed by atoms with van der Waals surface area (Å²) in [5, 5.41) is 0. The lowest BCUT2D eigenvalue weighted by molar-refractivity contribution is -0.120. The number of aromatic nitrogens is 1. The van der Waals surface area contributed by atoms with Crippen LogP contribution < -0.4 is 9.64 Å². The first-order chi connectivity index (χ1) is 12.2. The van der Waals surface area contributed by atoms with E-state index in [2.05, 4.69) is 4.98 Å². The summed E-state index contributed by atoms with van der Waals surface area (Å²) < 4.78 is 5.63. The van der Waals surface area contributed by atoms with Crippen LogP contribution in [0, 0.1) is 6.92 Å². The Bertz CT molecular complexity index is 820. The second-order valence-corrected chi connectivity index (χ2v) is 5.78. The Labute approximate surface area is 147 Å². The summed E-state index contributed by atoms with van der Waals surface area (Å²) in [6.45, 7) is 2.45. The fraction of sp³-hybridized carbons (Fsp3) is 0.143. The molecule has 0 saturated heterocycles. The Morgan fingerprint density at radius 3 is 2.60 bits per heavy atom. The SMILES string of the molecule is Cc1cccc(N(Cc2cccnc2)C(=O)COc2ccccc2)c1. The van der Waals surface area contributed by atoms with E-state index in [1.807, 2.05) is 73.7 Å². The predicted molar refractivity (Wildman–Crippen MR) is 98.5 cm³/mol. The van der Waals surface area contributed by atoms with Crippen molar-refractivity contribution < 1.29 is 9.53 Å². The summed E-state index contributed by atoms with van der Waals surface area (Å²) >= 11 is 0. The molecule has 3 aromatic rings. The molecule has 0 bridgehead atoms. The van der Waals surface area contributed by atoms with Gasteiger partial charge < -0.3 is 9.64 Å². The van der Waals surface area contributed by atoms with Gasteiger partial charge in [-0.15, -0.1) is 0 Å². The van der Waals surface area contributed by atoms with Crippen LogP contribution in [0.2, 0.25) is 0 Å². The van der Waals surface area contributed by atoms with E-state index in [1.165, 1.54) is 0 Å². The quantitative estimate of drug-likeness (QED) is 0.685. The molecule has 126 valence electrons. The van der Waals surface area contributed by atoms with Gasteiger partial charge in [0.1, 0.15) is 5.75 Å². The molecular weight excluding hydrogens is 312 g/mol. The van der Waals surface area contributed by atoms with Crippen LogP contribution >= 0.6 is 0 Å². The van der Waals surface area contributed by atoms with Gasteiger partial charge in [0.05, 0.1) is 6.54 Å². The van der Waals surface area contributed by atoms with Crippen molar-refractivity contribution in [2.45, 2.75) is 13.5 Å². The maximum atomic E-state index is 12.8. The van der Waals surface area contributed by atoms with E-state index < -0.39 is 0 Å². The standard InChI is InChI=1S/C21H20N2O2/c1-17-7-5-9-19(13-17)23(15-18-8-6-12-22-14-18)21(24)16-25-20-10-3-2-4-11-20/h2-14H,15-16H2,1H3. The van der Waals surface area contributed by atoms with Crippen molar-refractivity contribution in [1.82, 2.24) is 4.98 Å². The first-order valence-corrected chi connectivity index (χ1v) is 8.16. The number of rotatable bonds is 6. The zero-order chi connectivity index (χ0) is 17.5. The molecule has 0 saturated carbocycles. The summed E-state index contributed by atoms with van der Waals surface area (Å²) in [4.78, 5) is 18.7. The minimum absolute atomic E-state index is 0.0157. The van der Waals surface area contributed by atoms with Crippen LogP contribution in [0.15, 0.2) is 79.1 Å². The minimum Gasteiger partial charge on any atom is -0.484 e. The molecule has 0 fully saturated rings. The van der Waals surface area contributed by atoms with Crippen LogP contribution in [-0.2, 0) is 11.3 Å². The number of pyridine rings is 1. The van der Waals surface area contributed by atoms with Crippen LogP contribution in [0.5, 0.6) is 5.75 Å². The lowest BCUT2D eigenvalue weighted by Crippen LogP contribution is -2.34. The molecule has 0 aliphatic rings. The topological polar surface area (TPSA) is 42.4 Å². The van der Waals surface area contributed by atoms with Gasteiger partial charge in [0.25, 0.3) is 5.91 Å². The molecule has 0 aliphatic heterocycles. The van der Waals surface area contributed by atoms with Crippen molar-refractivity contribution in [3.05, 3.63) is 90.3 Å². The molecule has 25 heavy (non-hydrogen) atoms. The number of amides is 1. The summed E-state index contributed by atoms with van der Waals surface area (Å²) in [6, 6.07) is 21.1. The van der Waals surface area contributed by atoms with Crippen LogP contribution in [0.4, 0.5) is 5.69 Å². The largest absolute Gasteiger partial charge is 0.484 e. The molecule has 1 aromatic heterocycles. The smallest absolute Gasteiger partial charge is 0.265 e. The van der Waals surface area contributed by atoms with Crippen molar-refractivity contribution in [2.24, 2.45) is 0 Å². The van der Waals surface area contributed by atoms with Crippen molar-refractivity contribution in [1.29, 1.82) is 0 Å². The van der Waals surface area contributed by atoms with E-state index in [1.54, 1.807) is 17.3 Å². The molecule has 0 unspecified atom stereocenters. The van der Waals surface area contributed by atoms with Gasteiger partial charge in [-0.05, 0) is 48.4 Å². The summed E-state index contributed by atoms with van der Waals surface area (Å²) in [6.07, 6.45) is 3.50. The van der Waals surface area contributed by atoms with Crippen molar-refractivity contribution in [3.8, 4) is 5.75 Å². The van der Waals surface area contributed by atoms with E-state index in [0.717, 1.165) is 16.8 Å². The third kappa shape index (κ3) is 4.67. The monoisotopic (exact) mass is 332 g/mol. The highest BCUT2D eigenvalue weighted by molar-refractivity contribution is 5.94. The Morgan fingerprint density at radius 2 is 1.88 bits per heavy atom. The van der Waals surface area contributed by atoms with Gasteiger partial charge in [-0.3, -0.25) is 9.78 Å². The Morgan fingerprint density at radius 1 is 1.04 bits per heavy atom. The van der Waals surface area contributed by atoms with Gasteiger partial charge in [0.2, 0.25) is 0 Å². The number of anilines is 1. The van der Waals surface area contributed by atoms with Gasteiger partial charge in [0.15, 0.2) is 6.61 Å². The maximum Gasteiger partial charge on any atom is 0.265 e. The second kappa shape index (κ2) is 8.11. The average Bonchev–Trinajstić information content (AvgIpc) is 2.66. The van der Waals surface area contributed by atoms with Gasteiger partial charge >= 0.3 is 0 Å². The normalized spacial score (nSPS) is 10.3. The van der Waals surface area contributed by atoms with Crippen molar-refractivity contribution in [3.63, 3.8) is 0 Å². The zero-order valence-corrected chi connectivity index (χ0v) is 14.1. The molecule has 4 heteroatoms. The highest BCUT2D eigenvalue weighted by Crippen LogP contribution is 2.19. The molecule has 4 nitrogen and oxygen atoms in total. The van der Waals surface area contributed by atoms with Crippen molar-refractivity contribution >= 4 is 11.6 Å². The zero-order valence-electron chi connectivity index (χ0n) is 14.1. The van der Waals surface area contributed by atoms with Gasteiger partial charge in [-0.1, -0.05) is 36.4 Å². The minimum atomic E-state index is -0.0988. The summed E-state index contributed by atoms with van der Waals surface area (Å²) in [5.74, 6) is 0.583. The second-order valence-electron chi connectivity index (χ2n) is 5.78. The highest BCUT2D eigenvalue weighted by atomic mass is 16.5. The number of carbonyl (C=O) groups is 1. The average molecular weight is 332 g/mol. The third-order valence-electron chi connectivity index (χ3n) is 3.78. The number of hydrogen-bond acceptors (Lipinski definition) is 3. The molecule has 1 amide bonds. The molecular formula is C21H20N2O2. The number of aryl methyl sites for hydroxylation is 1. The fourth-order valence-corrected chi connectivity index (χ4v) is 2.53. The van der Waals surface area contributed by atoms with Crippen LogP contribution in [0.3, 0.4) is 0 Å². The number of nitrogens with zero attached hydrogens (tertiary/aromatic N) is 2. The van der Waals surface area contributed by atoms with E-state index in [-0.39, 0.29) is 12.5 Å². The summed E-state index contributed by atoms with van der Waals surface area (Å²) in [7, 11) is 0. The Hall–Kier alpha value is -3.14. The van der Waals surface area contributed by atoms with E-state index in [0.29, 0.717) is 12.3 Å². The van der Waals surface area contributed by atoms with Crippen LogP contribution in [0.1, 0.15) is 11.1 Å². The number of hydrogen-bond donors (Lipinski definition) is 0. The number of ether oxygens (including phenoxy) is 1. The molecule has 2 aromatic carbocycles. The third-order valence-corrected chi connectivity index (χ3v) is 3.78. The van der Waals surface area contributed by atoms with E-state index in [9.17, 15) is 4.79 Å². The van der Waals surface area contributed by atoms with E-state index in [4.69, 9.17) is 4.74 Å². The predicted octanol–water partition coefficient (Wildman–Crippen LogP) is 4.00. The van der Waals surface area contributed by atoms with Crippen molar-refractivity contribution in [2.75, 3.05) is 11.5 Å². The Balaban J connectivity index is 1.78. The van der Waals surface area contributed by atoms with Gasteiger partial charge in [0, 0.05) is 18.1 Å². The van der Waals surface area contributed by atoms with Gasteiger partial charge in [-0.25, -0.2) is 0 Å². The molecule has 0 N–H and O–H groups in total. The fourth-order valence-electron chi connectivity index (χ4n) is 2.53. The first kappa shape index (κ1) is 16.7. The molecule has 1 heterocycles. The van der Waals surface area contributed by atoms with Crippen LogP contribution in [0.25, 0.3) is 0 Å². The molecule has 3 rings (SSSR count). The molecule has 0 atom stereocenters. The summed E-state index contributed by atoms with van der Waals surface area (Å²) in [5.41, 5.74) is 2.92. The first-order valence-electron chi connectivity index (χ1n) is 8.16. The molecule has 0 radical (unpaired) electrons. The molecule has 0 spiro atoms. The lowest BCUT2D eigenvalue weighted by Gasteiger charge is -2.23. The number of para-hydroxylation sites is 1. The lowest BCUT2D eigenvalue weighted by atomic mass is 10.2. The number of benzene rings is 2.